The number of alkyl halides is 9. The van der Waals surface area contributed by atoms with E-state index in [2.05, 4.69) is 15.3 Å². The minimum atomic E-state index is -5.43. The Hall–Kier alpha value is -2.90. The molecule has 1 saturated heterocycles. The van der Waals surface area contributed by atoms with Crippen LogP contribution in [0.5, 0.6) is 0 Å². The number of carbonyl (C=O) groups excluding carboxylic acids is 1. The quantitative estimate of drug-likeness (QED) is 0.409. The fourth-order valence-electron chi connectivity index (χ4n) is 4.26. The fourth-order valence-corrected chi connectivity index (χ4v) is 5.41. The van der Waals surface area contributed by atoms with Gasteiger partial charge in [-0.1, -0.05) is 11.2 Å². The van der Waals surface area contributed by atoms with Crippen LogP contribution in [-0.4, -0.2) is 35.3 Å². The summed E-state index contributed by atoms with van der Waals surface area (Å²) in [4.78, 5) is 17.2. The van der Waals surface area contributed by atoms with Crippen LogP contribution in [0.25, 0.3) is 0 Å². The van der Waals surface area contributed by atoms with Crippen LogP contribution >= 0.6 is 11.8 Å². The number of amides is 1. The van der Waals surface area contributed by atoms with Crippen LogP contribution in [0, 0.1) is 6.92 Å². The van der Waals surface area contributed by atoms with Gasteiger partial charge >= 0.3 is 18.5 Å². The summed E-state index contributed by atoms with van der Waals surface area (Å²) in [5.74, 6) is 1.28. The van der Waals surface area contributed by atoms with Gasteiger partial charge in [0.15, 0.2) is 0 Å². The number of rotatable bonds is 4. The van der Waals surface area contributed by atoms with Gasteiger partial charge in [0.05, 0.1) is 16.8 Å². The van der Waals surface area contributed by atoms with Crippen molar-refractivity contribution in [1.29, 1.82) is 0 Å². The van der Waals surface area contributed by atoms with Crippen molar-refractivity contribution in [3.8, 4) is 0 Å². The van der Waals surface area contributed by atoms with Crippen molar-refractivity contribution in [2.75, 3.05) is 11.5 Å². The zero-order valence-electron chi connectivity index (χ0n) is 19.4. The number of aryl methyl sites for hydroxylation is 1. The Morgan fingerprint density at radius 1 is 1.00 bits per heavy atom. The summed E-state index contributed by atoms with van der Waals surface area (Å²) in [5, 5.41) is 6.28. The lowest BCUT2D eigenvalue weighted by atomic mass is 9.84. The van der Waals surface area contributed by atoms with Crippen molar-refractivity contribution >= 4 is 23.4 Å². The predicted molar refractivity (Wildman–Crippen MR) is 121 cm³/mol. The van der Waals surface area contributed by atoms with Crippen LogP contribution in [-0.2, 0) is 22.8 Å². The third-order valence-electron chi connectivity index (χ3n) is 6.31. The molecule has 1 N–H and O–H groups in total. The highest BCUT2D eigenvalue weighted by atomic mass is 32.2. The molecule has 0 bridgehead atoms. The minimum Gasteiger partial charge on any atom is -0.374 e. The molecule has 0 aromatic heterocycles. The lowest BCUT2D eigenvalue weighted by Crippen LogP contribution is -2.43. The van der Waals surface area contributed by atoms with Crippen LogP contribution < -0.4 is 5.32 Å². The Bertz CT molecular complexity index is 1230. The number of hydrogen-bond donors (Lipinski definition) is 1. The first-order valence-corrected chi connectivity index (χ1v) is 12.3. The van der Waals surface area contributed by atoms with Crippen LogP contribution in [0.3, 0.4) is 0 Å². The molecule has 14 heteroatoms. The molecule has 0 saturated carbocycles. The van der Waals surface area contributed by atoms with E-state index in [1.165, 1.54) is 25.1 Å². The molecular formula is C24H19F9N2O2S. The number of nitrogens with zero attached hydrogens (tertiary/aromatic N) is 1. The molecule has 0 aliphatic carbocycles. The summed E-state index contributed by atoms with van der Waals surface area (Å²) >= 11 is 1.69. The summed E-state index contributed by atoms with van der Waals surface area (Å²) in [6, 6.07) is 3.72. The summed E-state index contributed by atoms with van der Waals surface area (Å²) in [6.07, 6.45) is -16.5. The summed E-state index contributed by atoms with van der Waals surface area (Å²) in [7, 11) is 0. The van der Waals surface area contributed by atoms with Gasteiger partial charge in [-0.2, -0.15) is 51.3 Å². The van der Waals surface area contributed by atoms with E-state index in [0.29, 0.717) is 5.56 Å². The van der Waals surface area contributed by atoms with Gasteiger partial charge in [-0.05, 0) is 60.6 Å². The van der Waals surface area contributed by atoms with E-state index in [1.807, 2.05) is 0 Å². The maximum atomic E-state index is 14.3. The fraction of sp³-hybridized carbons (Fsp3) is 0.417. The molecule has 2 aromatic carbocycles. The summed E-state index contributed by atoms with van der Waals surface area (Å²) in [6.45, 7) is 1.54. The maximum absolute atomic E-state index is 14.3. The zero-order chi connectivity index (χ0) is 28.1. The number of carbonyl (C=O) groups is 1. The van der Waals surface area contributed by atoms with Crippen LogP contribution in [0.4, 0.5) is 39.5 Å². The van der Waals surface area contributed by atoms with E-state index in [9.17, 15) is 44.3 Å². The van der Waals surface area contributed by atoms with E-state index in [1.54, 1.807) is 11.8 Å². The SMILES string of the molecule is Cc1cc(C2=NOC(c3cc(C(F)(F)F)cc(C(F)(F)F)c3)(C(F)(F)F)C2)ccc1C(=O)NC1CCSC1. The molecule has 2 unspecified atom stereocenters. The molecule has 2 aliphatic heterocycles. The maximum Gasteiger partial charge on any atom is 0.435 e. The van der Waals surface area contributed by atoms with Crippen molar-refractivity contribution in [1.82, 2.24) is 5.32 Å². The first-order chi connectivity index (χ1) is 17.5. The molecule has 0 radical (unpaired) electrons. The Morgan fingerprint density at radius 3 is 2.13 bits per heavy atom. The van der Waals surface area contributed by atoms with Gasteiger partial charge in [0, 0.05) is 29.3 Å². The molecule has 4 rings (SSSR count). The molecule has 2 heterocycles. The van der Waals surface area contributed by atoms with Crippen molar-refractivity contribution < 1.29 is 49.1 Å². The van der Waals surface area contributed by atoms with Crippen LogP contribution in [0.15, 0.2) is 41.6 Å². The lowest BCUT2D eigenvalue weighted by Gasteiger charge is -2.30. The normalized spacial score (nSPS) is 22.3. The van der Waals surface area contributed by atoms with E-state index in [0.717, 1.165) is 17.9 Å². The van der Waals surface area contributed by atoms with Gasteiger partial charge in [0.25, 0.3) is 11.5 Å². The topological polar surface area (TPSA) is 50.7 Å². The van der Waals surface area contributed by atoms with Gasteiger partial charge in [0.1, 0.15) is 0 Å². The monoisotopic (exact) mass is 570 g/mol. The number of benzene rings is 2. The number of thioether (sulfide) groups is 1. The lowest BCUT2D eigenvalue weighted by molar-refractivity contribution is -0.276. The molecule has 38 heavy (non-hydrogen) atoms. The average molecular weight is 570 g/mol. The minimum absolute atomic E-state index is 0.0127. The first-order valence-electron chi connectivity index (χ1n) is 11.1. The second kappa shape index (κ2) is 9.69. The average Bonchev–Trinajstić information content (AvgIpc) is 3.48. The molecule has 2 aromatic rings. The molecule has 206 valence electrons. The Kier molecular flexibility index (Phi) is 7.17. The molecule has 2 aliphatic rings. The smallest absolute Gasteiger partial charge is 0.374 e. The molecular weight excluding hydrogens is 551 g/mol. The first kappa shape index (κ1) is 28.1. The second-order valence-electron chi connectivity index (χ2n) is 8.99. The number of halogens is 9. The highest BCUT2D eigenvalue weighted by molar-refractivity contribution is 7.99. The van der Waals surface area contributed by atoms with E-state index < -0.39 is 47.2 Å². The molecule has 0 spiro atoms. The van der Waals surface area contributed by atoms with Gasteiger partial charge in [0.2, 0.25) is 0 Å². The Morgan fingerprint density at radius 2 is 1.63 bits per heavy atom. The highest BCUT2D eigenvalue weighted by Gasteiger charge is 2.63. The van der Waals surface area contributed by atoms with Gasteiger partial charge in [-0.15, -0.1) is 0 Å². The van der Waals surface area contributed by atoms with Crippen LogP contribution in [0.1, 0.15) is 51.0 Å². The van der Waals surface area contributed by atoms with Gasteiger partial charge < -0.3 is 10.2 Å². The number of hydrogen-bond acceptors (Lipinski definition) is 4. The standard InChI is InChI=1S/C24H19F9N2O2S/c1-12-6-13(2-3-18(12)20(36)34-17-4-5-38-11-17)19-10-21(37-35-19,24(31,32)33)14-7-15(22(25,26)27)9-16(8-14)23(28,29)30/h2-3,6-9,17H,4-5,10-11H2,1H3,(H,34,36). The molecule has 1 fully saturated rings. The van der Waals surface area contributed by atoms with E-state index >= 15 is 0 Å². The number of nitrogens with one attached hydrogen (secondary N) is 1. The Labute approximate surface area is 214 Å². The van der Waals surface area contributed by atoms with Crippen molar-refractivity contribution in [3.05, 3.63) is 69.8 Å². The van der Waals surface area contributed by atoms with Gasteiger partial charge in [-0.25, -0.2) is 0 Å². The second-order valence-corrected chi connectivity index (χ2v) is 10.1. The third kappa shape index (κ3) is 5.45. The van der Waals surface area contributed by atoms with Crippen LogP contribution in [0.2, 0.25) is 0 Å². The summed E-state index contributed by atoms with van der Waals surface area (Å²) < 4.78 is 123. The zero-order valence-corrected chi connectivity index (χ0v) is 20.3. The highest BCUT2D eigenvalue weighted by Crippen LogP contribution is 2.51. The predicted octanol–water partition coefficient (Wildman–Crippen LogP) is 6.85. The van der Waals surface area contributed by atoms with Crippen molar-refractivity contribution in [2.45, 2.75) is 49.9 Å². The number of oxime groups is 1. The van der Waals surface area contributed by atoms with Crippen molar-refractivity contribution in [2.24, 2.45) is 5.16 Å². The Balaban J connectivity index is 1.68. The van der Waals surface area contributed by atoms with E-state index in [4.69, 9.17) is 0 Å². The van der Waals surface area contributed by atoms with Gasteiger partial charge in [-0.3, -0.25) is 4.79 Å². The summed E-state index contributed by atoms with van der Waals surface area (Å²) in [5.41, 5.74) is -8.41. The molecule has 1 amide bonds. The largest absolute Gasteiger partial charge is 0.435 e. The third-order valence-corrected chi connectivity index (χ3v) is 7.47. The van der Waals surface area contributed by atoms with Crippen molar-refractivity contribution in [3.63, 3.8) is 0 Å². The molecule has 4 nitrogen and oxygen atoms in total. The van der Waals surface area contributed by atoms with E-state index in [-0.39, 0.29) is 47.0 Å². The molecule has 2 atom stereocenters.